The van der Waals surface area contributed by atoms with Gasteiger partial charge in [-0.2, -0.15) is 26.3 Å². The molecular weight excluding hydrogens is 404 g/mol. The standard InChI is InChI=1S/C18H21F6N3O2/c1-26(2)4-3-5-27-10-11(6-15(27)28)16(29)25-14-8-12(17(19,20)21)7-13(9-14)18(22,23)24/h7-9,11H,3-6,10H2,1-2H3,(H,25,29). The minimum atomic E-state index is -5.01. The molecule has 0 aliphatic carbocycles. The first-order chi connectivity index (χ1) is 13.3. The molecule has 1 fully saturated rings. The van der Waals surface area contributed by atoms with E-state index in [0.717, 1.165) is 6.54 Å². The fourth-order valence-corrected chi connectivity index (χ4v) is 3.01. The summed E-state index contributed by atoms with van der Waals surface area (Å²) in [6.07, 6.45) is -9.48. The lowest BCUT2D eigenvalue weighted by atomic mass is 10.1. The van der Waals surface area contributed by atoms with Crippen LogP contribution in [0.25, 0.3) is 0 Å². The van der Waals surface area contributed by atoms with E-state index in [0.29, 0.717) is 25.1 Å². The van der Waals surface area contributed by atoms with Gasteiger partial charge in [0.1, 0.15) is 0 Å². The normalized spacial score (nSPS) is 17.9. The number of hydrogen-bond acceptors (Lipinski definition) is 3. The lowest BCUT2D eigenvalue weighted by molar-refractivity contribution is -0.143. The summed E-state index contributed by atoms with van der Waals surface area (Å²) in [5.41, 5.74) is -3.65. The molecule has 162 valence electrons. The summed E-state index contributed by atoms with van der Waals surface area (Å²) in [7, 11) is 3.73. The molecule has 0 bridgehead atoms. The number of carbonyl (C=O) groups excluding carboxylic acids is 2. The van der Waals surface area contributed by atoms with E-state index in [-0.39, 0.29) is 24.9 Å². The van der Waals surface area contributed by atoms with Gasteiger partial charge >= 0.3 is 12.4 Å². The maximum atomic E-state index is 12.9. The van der Waals surface area contributed by atoms with E-state index < -0.39 is 41.0 Å². The summed E-state index contributed by atoms with van der Waals surface area (Å²) in [5.74, 6) is -1.91. The van der Waals surface area contributed by atoms with Crippen LogP contribution in [0.2, 0.25) is 0 Å². The molecule has 5 nitrogen and oxygen atoms in total. The van der Waals surface area contributed by atoms with Crippen LogP contribution in [0.15, 0.2) is 18.2 Å². The van der Waals surface area contributed by atoms with Gasteiger partial charge in [0.05, 0.1) is 17.0 Å². The van der Waals surface area contributed by atoms with Crippen LogP contribution >= 0.6 is 0 Å². The molecule has 1 aliphatic rings. The Kier molecular flexibility index (Phi) is 6.82. The van der Waals surface area contributed by atoms with Crippen molar-refractivity contribution in [3.63, 3.8) is 0 Å². The zero-order chi connectivity index (χ0) is 22.0. The molecule has 0 radical (unpaired) electrons. The number of halogens is 6. The summed E-state index contributed by atoms with van der Waals surface area (Å²) in [6, 6.07) is 0.874. The van der Waals surface area contributed by atoms with Crippen molar-refractivity contribution in [3.8, 4) is 0 Å². The number of benzene rings is 1. The Morgan fingerprint density at radius 2 is 1.66 bits per heavy atom. The van der Waals surface area contributed by atoms with E-state index in [9.17, 15) is 35.9 Å². The topological polar surface area (TPSA) is 52.6 Å². The van der Waals surface area contributed by atoms with Crippen LogP contribution in [-0.4, -0.2) is 55.3 Å². The molecule has 2 rings (SSSR count). The Bertz CT molecular complexity index is 729. The largest absolute Gasteiger partial charge is 0.416 e. The van der Waals surface area contributed by atoms with E-state index in [1.807, 2.05) is 19.0 Å². The molecule has 1 unspecified atom stereocenters. The van der Waals surface area contributed by atoms with Crippen LogP contribution in [0.5, 0.6) is 0 Å². The van der Waals surface area contributed by atoms with Crippen LogP contribution in [0, 0.1) is 5.92 Å². The van der Waals surface area contributed by atoms with Crippen LogP contribution < -0.4 is 5.32 Å². The van der Waals surface area contributed by atoms with Crippen LogP contribution in [0.1, 0.15) is 24.0 Å². The zero-order valence-electron chi connectivity index (χ0n) is 15.8. The maximum Gasteiger partial charge on any atom is 0.416 e. The van der Waals surface area contributed by atoms with Crippen molar-refractivity contribution in [1.29, 1.82) is 0 Å². The SMILES string of the molecule is CN(C)CCCN1CC(C(=O)Nc2cc(C(F)(F)F)cc(C(F)(F)F)c2)CC1=O. The van der Waals surface area contributed by atoms with Crippen molar-refractivity contribution >= 4 is 17.5 Å². The van der Waals surface area contributed by atoms with Gasteiger partial charge in [-0.1, -0.05) is 0 Å². The Morgan fingerprint density at radius 1 is 1.10 bits per heavy atom. The second-order valence-corrected chi connectivity index (χ2v) is 7.18. The van der Waals surface area contributed by atoms with Crippen molar-refractivity contribution in [1.82, 2.24) is 9.80 Å². The lowest BCUT2D eigenvalue weighted by Crippen LogP contribution is -2.30. The quantitative estimate of drug-likeness (QED) is 0.711. The summed E-state index contributed by atoms with van der Waals surface area (Å²) >= 11 is 0. The van der Waals surface area contributed by atoms with Gasteiger partial charge in [-0.05, 0) is 45.3 Å². The van der Waals surface area contributed by atoms with Gasteiger partial charge in [0.25, 0.3) is 0 Å². The van der Waals surface area contributed by atoms with Gasteiger partial charge in [-0.3, -0.25) is 9.59 Å². The number of rotatable bonds is 6. The van der Waals surface area contributed by atoms with Gasteiger partial charge in [-0.15, -0.1) is 0 Å². The molecule has 29 heavy (non-hydrogen) atoms. The zero-order valence-corrected chi connectivity index (χ0v) is 15.8. The highest BCUT2D eigenvalue weighted by molar-refractivity contribution is 5.97. The highest BCUT2D eigenvalue weighted by Gasteiger charge is 2.38. The molecule has 0 saturated carbocycles. The molecule has 1 saturated heterocycles. The van der Waals surface area contributed by atoms with Gasteiger partial charge in [0, 0.05) is 25.2 Å². The number of nitrogens with zero attached hydrogens (tertiary/aromatic N) is 2. The number of amides is 2. The van der Waals surface area contributed by atoms with Gasteiger partial charge in [-0.25, -0.2) is 0 Å². The predicted octanol–water partition coefficient (Wildman–Crippen LogP) is 3.46. The summed E-state index contributed by atoms with van der Waals surface area (Å²) in [4.78, 5) is 27.8. The number of likely N-dealkylation sites (tertiary alicyclic amines) is 1. The molecule has 2 amide bonds. The molecule has 0 spiro atoms. The Hall–Kier alpha value is -2.30. The third-order valence-corrected chi connectivity index (χ3v) is 4.47. The average molecular weight is 425 g/mol. The van der Waals surface area contributed by atoms with Crippen molar-refractivity contribution in [2.45, 2.75) is 25.2 Å². The first kappa shape index (κ1) is 23.0. The van der Waals surface area contributed by atoms with Gasteiger partial charge in [0.2, 0.25) is 11.8 Å². The van der Waals surface area contributed by atoms with E-state index in [2.05, 4.69) is 5.32 Å². The number of nitrogens with one attached hydrogen (secondary N) is 1. The molecule has 1 aromatic carbocycles. The molecule has 1 heterocycles. The number of hydrogen-bond donors (Lipinski definition) is 1. The molecule has 1 N–H and O–H groups in total. The number of alkyl halides is 6. The molecule has 11 heteroatoms. The number of anilines is 1. The lowest BCUT2D eigenvalue weighted by Gasteiger charge is -2.18. The molecule has 1 aliphatic heterocycles. The third kappa shape index (κ3) is 6.34. The predicted molar refractivity (Wildman–Crippen MR) is 92.9 cm³/mol. The second-order valence-electron chi connectivity index (χ2n) is 7.18. The van der Waals surface area contributed by atoms with Crippen LogP contribution in [0.3, 0.4) is 0 Å². The first-order valence-electron chi connectivity index (χ1n) is 8.80. The molecule has 0 aromatic heterocycles. The third-order valence-electron chi connectivity index (χ3n) is 4.47. The Balaban J connectivity index is 2.11. The van der Waals surface area contributed by atoms with Crippen LogP contribution in [-0.2, 0) is 21.9 Å². The minimum Gasteiger partial charge on any atom is -0.342 e. The minimum absolute atomic E-state index is 0.0127. The maximum absolute atomic E-state index is 12.9. The first-order valence-corrected chi connectivity index (χ1v) is 8.80. The van der Waals surface area contributed by atoms with Gasteiger partial charge in [0.15, 0.2) is 0 Å². The van der Waals surface area contributed by atoms with Crippen molar-refractivity contribution < 1.29 is 35.9 Å². The molecular formula is C18H21F6N3O2. The van der Waals surface area contributed by atoms with E-state index in [4.69, 9.17) is 0 Å². The summed E-state index contributed by atoms with van der Waals surface area (Å²) in [6.45, 7) is 1.22. The van der Waals surface area contributed by atoms with Gasteiger partial charge < -0.3 is 15.1 Å². The second kappa shape index (κ2) is 8.60. The average Bonchev–Trinajstić information content (AvgIpc) is 2.94. The highest BCUT2D eigenvalue weighted by atomic mass is 19.4. The van der Waals surface area contributed by atoms with E-state index >= 15 is 0 Å². The van der Waals surface area contributed by atoms with Crippen LogP contribution in [0.4, 0.5) is 32.0 Å². The fraction of sp³-hybridized carbons (Fsp3) is 0.556. The monoisotopic (exact) mass is 425 g/mol. The van der Waals surface area contributed by atoms with Crippen molar-refractivity contribution in [2.75, 3.05) is 39.0 Å². The molecule has 1 atom stereocenters. The van der Waals surface area contributed by atoms with E-state index in [1.54, 1.807) is 0 Å². The van der Waals surface area contributed by atoms with E-state index in [1.165, 1.54) is 4.90 Å². The number of carbonyl (C=O) groups is 2. The fourth-order valence-electron chi connectivity index (χ4n) is 3.01. The van der Waals surface area contributed by atoms with Crippen molar-refractivity contribution in [2.24, 2.45) is 5.92 Å². The summed E-state index contributed by atoms with van der Waals surface area (Å²) < 4.78 is 77.5. The molecule has 1 aromatic rings. The smallest absolute Gasteiger partial charge is 0.342 e. The summed E-state index contributed by atoms with van der Waals surface area (Å²) in [5, 5.41) is 2.10. The Labute approximate surface area is 163 Å². The highest BCUT2D eigenvalue weighted by Crippen LogP contribution is 2.37. The van der Waals surface area contributed by atoms with Crippen molar-refractivity contribution in [3.05, 3.63) is 29.3 Å². The Morgan fingerprint density at radius 3 is 2.14 bits per heavy atom.